The summed E-state index contributed by atoms with van der Waals surface area (Å²) in [5, 5.41) is 4.44. The summed E-state index contributed by atoms with van der Waals surface area (Å²) in [6, 6.07) is 11.8. The molecule has 3 rings (SSSR count). The van der Waals surface area contributed by atoms with Crippen molar-refractivity contribution in [1.82, 2.24) is 14.6 Å². The number of hydrogen-bond acceptors (Lipinski definition) is 3. The van der Waals surface area contributed by atoms with Crippen LogP contribution < -0.4 is 5.73 Å². The van der Waals surface area contributed by atoms with Crippen molar-refractivity contribution in [2.45, 2.75) is 0 Å². The van der Waals surface area contributed by atoms with Gasteiger partial charge in [0.25, 0.3) is 0 Å². The van der Waals surface area contributed by atoms with Gasteiger partial charge in [0.05, 0.1) is 11.3 Å². The number of rotatable bonds is 3. The molecule has 0 unspecified atom stereocenters. The molecule has 0 saturated carbocycles. The molecule has 0 aliphatic rings. The first-order chi connectivity index (χ1) is 10.1. The Morgan fingerprint density at radius 1 is 1.33 bits per heavy atom. The van der Waals surface area contributed by atoms with Crippen LogP contribution in [0.25, 0.3) is 23.0 Å². The van der Waals surface area contributed by atoms with E-state index in [2.05, 4.69) is 32.6 Å². The maximum Gasteiger partial charge on any atom is 0.174 e. The molecule has 21 heavy (non-hydrogen) atoms. The summed E-state index contributed by atoms with van der Waals surface area (Å²) in [7, 11) is 0. The lowest BCUT2D eigenvalue weighted by atomic mass is 10.1. The maximum atomic E-state index is 5.76. The molecule has 0 aliphatic carbocycles. The molecular weight excluding hydrogens is 348 g/mol. The van der Waals surface area contributed by atoms with Crippen molar-refractivity contribution in [3.8, 4) is 11.3 Å². The van der Waals surface area contributed by atoms with Gasteiger partial charge >= 0.3 is 0 Å². The molecule has 0 aliphatic heterocycles. The van der Waals surface area contributed by atoms with Crippen LogP contribution in [-0.2, 0) is 0 Å². The normalized spacial score (nSPS) is 10.7. The second kappa shape index (κ2) is 5.38. The molecule has 1 aromatic carbocycles. The quantitative estimate of drug-likeness (QED) is 0.728. The molecule has 0 fully saturated rings. The van der Waals surface area contributed by atoms with Gasteiger partial charge in [0, 0.05) is 10.0 Å². The number of aromatic nitrogens is 3. The van der Waals surface area contributed by atoms with Gasteiger partial charge in [0.1, 0.15) is 4.99 Å². The average Bonchev–Trinajstić information content (AvgIpc) is 2.89. The number of thiocarbonyl (C=S) groups is 1. The second-order valence-corrected chi connectivity index (χ2v) is 5.77. The standard InChI is InChI=1S/C15H11BrN4S/c1-2-13-18-15-11(14(17)21)6-7-12(20(15)19-13)9-4-3-5-10(16)8-9/h2-8H,1H2,(H2,17,21). The van der Waals surface area contributed by atoms with Crippen LogP contribution >= 0.6 is 28.1 Å². The van der Waals surface area contributed by atoms with Crippen molar-refractivity contribution >= 4 is 44.9 Å². The number of hydrogen-bond donors (Lipinski definition) is 1. The van der Waals surface area contributed by atoms with Gasteiger partial charge in [0.15, 0.2) is 11.5 Å². The highest BCUT2D eigenvalue weighted by Crippen LogP contribution is 2.25. The largest absolute Gasteiger partial charge is 0.389 e. The molecule has 0 atom stereocenters. The molecule has 3 aromatic rings. The highest BCUT2D eigenvalue weighted by molar-refractivity contribution is 9.10. The maximum absolute atomic E-state index is 5.76. The summed E-state index contributed by atoms with van der Waals surface area (Å²) in [5.74, 6) is 0.537. The van der Waals surface area contributed by atoms with Crippen molar-refractivity contribution in [3.05, 3.63) is 58.8 Å². The highest BCUT2D eigenvalue weighted by atomic mass is 79.9. The lowest BCUT2D eigenvalue weighted by molar-refractivity contribution is 0.960. The fourth-order valence-corrected chi connectivity index (χ4v) is 2.68. The van der Waals surface area contributed by atoms with Crippen molar-refractivity contribution in [2.75, 3.05) is 0 Å². The zero-order valence-corrected chi connectivity index (χ0v) is 13.4. The van der Waals surface area contributed by atoms with Crippen molar-refractivity contribution < 1.29 is 0 Å². The minimum Gasteiger partial charge on any atom is -0.389 e. The van der Waals surface area contributed by atoms with Gasteiger partial charge in [0.2, 0.25) is 0 Å². The topological polar surface area (TPSA) is 56.2 Å². The molecular formula is C15H11BrN4S. The summed E-state index contributed by atoms with van der Waals surface area (Å²) in [6.07, 6.45) is 1.60. The Hall–Kier alpha value is -2.05. The molecule has 0 saturated heterocycles. The molecule has 0 spiro atoms. The number of nitrogens with two attached hydrogens (primary N) is 1. The van der Waals surface area contributed by atoms with Gasteiger partial charge in [-0.25, -0.2) is 9.50 Å². The first-order valence-electron chi connectivity index (χ1n) is 6.18. The van der Waals surface area contributed by atoms with E-state index >= 15 is 0 Å². The van der Waals surface area contributed by atoms with E-state index in [-0.39, 0.29) is 0 Å². The van der Waals surface area contributed by atoms with E-state index in [4.69, 9.17) is 18.0 Å². The molecule has 2 N–H and O–H groups in total. The molecule has 0 bridgehead atoms. The van der Waals surface area contributed by atoms with Crippen molar-refractivity contribution in [2.24, 2.45) is 5.73 Å². The summed E-state index contributed by atoms with van der Waals surface area (Å²) in [6.45, 7) is 3.71. The fraction of sp³-hybridized carbons (Fsp3) is 0. The van der Waals surface area contributed by atoms with Gasteiger partial charge in [-0.3, -0.25) is 0 Å². The second-order valence-electron chi connectivity index (χ2n) is 4.42. The van der Waals surface area contributed by atoms with E-state index < -0.39 is 0 Å². The lowest BCUT2D eigenvalue weighted by Gasteiger charge is -2.07. The van der Waals surface area contributed by atoms with Crippen LogP contribution in [0.3, 0.4) is 0 Å². The van der Waals surface area contributed by atoms with E-state index in [1.807, 2.05) is 36.4 Å². The van der Waals surface area contributed by atoms with Crippen LogP contribution in [0.15, 0.2) is 47.4 Å². The van der Waals surface area contributed by atoms with Crippen molar-refractivity contribution in [3.63, 3.8) is 0 Å². The number of benzene rings is 1. The van der Waals surface area contributed by atoms with Crippen molar-refractivity contribution in [1.29, 1.82) is 0 Å². The summed E-state index contributed by atoms with van der Waals surface area (Å²) >= 11 is 8.56. The zero-order valence-electron chi connectivity index (χ0n) is 11.0. The third-order valence-electron chi connectivity index (χ3n) is 3.07. The SMILES string of the molecule is C=Cc1nc2c(C(N)=S)ccc(-c3cccc(Br)c3)n2n1. The Bertz CT molecular complexity index is 869. The predicted octanol–water partition coefficient (Wildman–Crippen LogP) is 3.44. The fourth-order valence-electron chi connectivity index (χ4n) is 2.12. The van der Waals surface area contributed by atoms with Gasteiger partial charge < -0.3 is 5.73 Å². The molecule has 2 aromatic heterocycles. The highest BCUT2D eigenvalue weighted by Gasteiger charge is 2.13. The van der Waals surface area contributed by atoms with Crippen LogP contribution in [-0.4, -0.2) is 19.6 Å². The lowest BCUT2D eigenvalue weighted by Crippen LogP contribution is -2.12. The molecule has 104 valence electrons. The molecule has 0 amide bonds. The molecule has 0 radical (unpaired) electrons. The zero-order chi connectivity index (χ0) is 15.0. The van der Waals surface area contributed by atoms with E-state index in [1.165, 1.54) is 0 Å². The predicted molar refractivity (Wildman–Crippen MR) is 92.1 cm³/mol. The van der Waals surface area contributed by atoms with Crippen LogP contribution in [0.2, 0.25) is 0 Å². The summed E-state index contributed by atoms with van der Waals surface area (Å²) in [4.78, 5) is 4.71. The number of pyridine rings is 1. The first-order valence-corrected chi connectivity index (χ1v) is 7.38. The van der Waals surface area contributed by atoms with E-state index in [0.717, 1.165) is 15.7 Å². The van der Waals surface area contributed by atoms with Gasteiger partial charge in [-0.05, 0) is 30.3 Å². The van der Waals surface area contributed by atoms with E-state index in [1.54, 1.807) is 10.6 Å². The van der Waals surface area contributed by atoms with Gasteiger partial charge in [-0.15, -0.1) is 5.10 Å². The Morgan fingerprint density at radius 3 is 2.81 bits per heavy atom. The molecule has 4 nitrogen and oxygen atoms in total. The Morgan fingerprint density at radius 2 is 2.14 bits per heavy atom. The third kappa shape index (κ3) is 2.48. The Kier molecular flexibility index (Phi) is 3.57. The van der Waals surface area contributed by atoms with Gasteiger partial charge in [-0.2, -0.15) is 0 Å². The monoisotopic (exact) mass is 358 g/mol. The number of fused-ring (bicyclic) bond motifs is 1. The minimum absolute atomic E-state index is 0.295. The van der Waals surface area contributed by atoms with Gasteiger partial charge in [-0.1, -0.05) is 46.9 Å². The average molecular weight is 359 g/mol. The molecule has 6 heteroatoms. The van der Waals surface area contributed by atoms with Crippen LogP contribution in [0.1, 0.15) is 11.4 Å². The smallest absolute Gasteiger partial charge is 0.174 e. The summed E-state index contributed by atoms with van der Waals surface area (Å²) < 4.78 is 2.74. The van der Waals surface area contributed by atoms with Crippen LogP contribution in [0.5, 0.6) is 0 Å². The summed E-state index contributed by atoms with van der Waals surface area (Å²) in [5.41, 5.74) is 9.02. The third-order valence-corrected chi connectivity index (χ3v) is 3.78. The van der Waals surface area contributed by atoms with Crippen LogP contribution in [0, 0.1) is 0 Å². The first kappa shape index (κ1) is 13.9. The number of nitrogens with zero attached hydrogens (tertiary/aromatic N) is 3. The number of halogens is 1. The van der Waals surface area contributed by atoms with E-state index in [0.29, 0.717) is 22.0 Å². The Labute approximate surface area is 135 Å². The minimum atomic E-state index is 0.295. The molecule has 2 heterocycles. The van der Waals surface area contributed by atoms with E-state index in [9.17, 15) is 0 Å². The Balaban J connectivity index is 2.34. The van der Waals surface area contributed by atoms with Crippen LogP contribution in [0.4, 0.5) is 0 Å².